The van der Waals surface area contributed by atoms with Crippen LogP contribution in [0.2, 0.25) is 0 Å². The lowest BCUT2D eigenvalue weighted by Gasteiger charge is -2.07. The molecule has 3 aromatic carbocycles. The molecule has 1 N–H and O–H groups in total. The number of para-hydroxylation sites is 1. The average molecular weight is 489 g/mol. The average Bonchev–Trinajstić information content (AvgIpc) is 3.29. The Hall–Kier alpha value is -3.71. The van der Waals surface area contributed by atoms with Gasteiger partial charge in [-0.25, -0.2) is 10.1 Å². The third-order valence-electron chi connectivity index (χ3n) is 4.92. The van der Waals surface area contributed by atoms with E-state index in [9.17, 15) is 4.79 Å². The fraction of sp³-hybridized carbons (Fsp3) is 0.0800. The number of nitrogens with zero attached hydrogens (tertiary/aromatic N) is 3. The molecule has 0 aliphatic rings. The Bertz CT molecular complexity index is 1250. The largest absolute Gasteiger partial charge is 0.497 e. The highest BCUT2D eigenvalue weighted by atomic mass is 79.9. The number of benzene rings is 3. The van der Waals surface area contributed by atoms with Crippen molar-refractivity contribution in [3.63, 3.8) is 0 Å². The van der Waals surface area contributed by atoms with Crippen molar-refractivity contribution < 1.29 is 9.53 Å². The van der Waals surface area contributed by atoms with Crippen molar-refractivity contribution in [2.24, 2.45) is 5.10 Å². The van der Waals surface area contributed by atoms with Crippen LogP contribution in [-0.4, -0.2) is 28.5 Å². The van der Waals surface area contributed by atoms with E-state index in [2.05, 4.69) is 31.6 Å². The lowest BCUT2D eigenvalue weighted by molar-refractivity contribution is 0.0947. The summed E-state index contributed by atoms with van der Waals surface area (Å²) in [7, 11) is 1.62. The van der Waals surface area contributed by atoms with Gasteiger partial charge in [0.2, 0.25) is 0 Å². The van der Waals surface area contributed by atoms with E-state index in [1.165, 1.54) is 0 Å². The predicted octanol–water partition coefficient (Wildman–Crippen LogP) is 5.46. The number of carbonyl (C=O) groups excluding carboxylic acids is 1. The van der Waals surface area contributed by atoms with Gasteiger partial charge in [-0.15, -0.1) is 0 Å². The van der Waals surface area contributed by atoms with Crippen LogP contribution >= 0.6 is 15.9 Å². The number of aromatic nitrogens is 2. The third-order valence-corrected chi connectivity index (χ3v) is 5.44. The van der Waals surface area contributed by atoms with Gasteiger partial charge < -0.3 is 4.74 Å². The van der Waals surface area contributed by atoms with Gasteiger partial charge in [0.05, 0.1) is 24.2 Å². The highest BCUT2D eigenvalue weighted by Gasteiger charge is 2.17. The summed E-state index contributed by atoms with van der Waals surface area (Å²) in [5, 5.41) is 8.97. The number of carbonyl (C=O) groups is 1. The summed E-state index contributed by atoms with van der Waals surface area (Å²) >= 11 is 3.42. The normalized spacial score (nSPS) is 11.3. The summed E-state index contributed by atoms with van der Waals surface area (Å²) in [6.45, 7) is 1.85. The Balaban J connectivity index is 1.66. The molecule has 160 valence electrons. The van der Waals surface area contributed by atoms with Crippen molar-refractivity contribution >= 4 is 27.5 Å². The highest BCUT2D eigenvalue weighted by Crippen LogP contribution is 2.24. The number of rotatable bonds is 6. The van der Waals surface area contributed by atoms with E-state index in [0.29, 0.717) is 17.1 Å². The highest BCUT2D eigenvalue weighted by molar-refractivity contribution is 9.10. The lowest BCUT2D eigenvalue weighted by Crippen LogP contribution is -2.22. The molecule has 0 bridgehead atoms. The molecule has 0 saturated heterocycles. The lowest BCUT2D eigenvalue weighted by atomic mass is 10.1. The van der Waals surface area contributed by atoms with Crippen LogP contribution in [0.5, 0.6) is 5.75 Å². The van der Waals surface area contributed by atoms with Crippen LogP contribution in [-0.2, 0) is 0 Å². The molecule has 1 heterocycles. The summed E-state index contributed by atoms with van der Waals surface area (Å²) in [6.07, 6.45) is 0. The van der Waals surface area contributed by atoms with Crippen LogP contribution in [0.15, 0.2) is 94.5 Å². The zero-order valence-corrected chi connectivity index (χ0v) is 19.2. The number of methoxy groups -OCH3 is 1. The Labute approximate surface area is 194 Å². The van der Waals surface area contributed by atoms with Crippen LogP contribution in [0.3, 0.4) is 0 Å². The molecule has 0 aliphatic heterocycles. The summed E-state index contributed by atoms with van der Waals surface area (Å²) in [5.41, 5.74) is 7.00. The molecular formula is C25H21BrN4O2. The van der Waals surface area contributed by atoms with Crippen LogP contribution in [0, 0.1) is 0 Å². The minimum absolute atomic E-state index is 0.349. The molecule has 7 heteroatoms. The molecule has 0 radical (unpaired) electrons. The van der Waals surface area contributed by atoms with E-state index < -0.39 is 0 Å². The molecule has 0 aliphatic carbocycles. The summed E-state index contributed by atoms with van der Waals surface area (Å²) < 4.78 is 7.84. The SMILES string of the molecule is COc1ccc(-c2cc(C(=O)NN=C(C)c3ccc(Br)cc3)n(-c3ccccc3)n2)cc1. The van der Waals surface area contributed by atoms with Crippen molar-refractivity contribution in [2.75, 3.05) is 7.11 Å². The number of nitrogens with one attached hydrogen (secondary N) is 1. The van der Waals surface area contributed by atoms with Gasteiger partial charge in [-0.3, -0.25) is 4.79 Å². The Morgan fingerprint density at radius 3 is 2.34 bits per heavy atom. The standard InChI is InChI=1S/C25H21BrN4O2/c1-17(18-8-12-20(26)13-9-18)27-28-25(31)24-16-23(19-10-14-22(32-2)15-11-19)29-30(24)21-6-4-3-5-7-21/h3-16H,1-2H3,(H,28,31). The number of halogens is 1. The van der Waals surface area contributed by atoms with Gasteiger partial charge in [-0.05, 0) is 67.1 Å². The first-order chi connectivity index (χ1) is 15.5. The third kappa shape index (κ3) is 4.78. The second-order valence-electron chi connectivity index (χ2n) is 7.04. The van der Waals surface area contributed by atoms with E-state index in [-0.39, 0.29) is 5.91 Å². The first kappa shape index (κ1) is 21.5. The maximum atomic E-state index is 13.1. The molecule has 0 saturated carbocycles. The van der Waals surface area contributed by atoms with Gasteiger partial charge in [-0.1, -0.05) is 46.3 Å². The number of ether oxygens (including phenoxy) is 1. The molecule has 0 unspecified atom stereocenters. The van der Waals surface area contributed by atoms with E-state index in [1.54, 1.807) is 17.9 Å². The first-order valence-electron chi connectivity index (χ1n) is 9.95. The molecule has 1 amide bonds. The minimum atomic E-state index is -0.349. The second kappa shape index (κ2) is 9.62. The van der Waals surface area contributed by atoms with E-state index >= 15 is 0 Å². The van der Waals surface area contributed by atoms with Crippen molar-refractivity contribution in [3.05, 3.63) is 101 Å². The van der Waals surface area contributed by atoms with Crippen LogP contribution in [0.1, 0.15) is 23.0 Å². The number of hydrogen-bond acceptors (Lipinski definition) is 4. The van der Waals surface area contributed by atoms with E-state index in [1.807, 2.05) is 85.8 Å². The monoisotopic (exact) mass is 488 g/mol. The zero-order valence-electron chi connectivity index (χ0n) is 17.6. The minimum Gasteiger partial charge on any atom is -0.497 e. The fourth-order valence-corrected chi connectivity index (χ4v) is 3.42. The molecule has 4 rings (SSSR count). The van der Waals surface area contributed by atoms with Crippen molar-refractivity contribution in [1.29, 1.82) is 0 Å². The zero-order chi connectivity index (χ0) is 22.5. The number of amides is 1. The fourth-order valence-electron chi connectivity index (χ4n) is 3.16. The van der Waals surface area contributed by atoms with Gasteiger partial charge in [0.15, 0.2) is 0 Å². The van der Waals surface area contributed by atoms with Crippen LogP contribution in [0.4, 0.5) is 0 Å². The first-order valence-corrected chi connectivity index (χ1v) is 10.7. The van der Waals surface area contributed by atoms with E-state index in [0.717, 1.165) is 27.0 Å². The summed E-state index contributed by atoms with van der Waals surface area (Å²) in [5.74, 6) is 0.407. The second-order valence-corrected chi connectivity index (χ2v) is 7.95. The Morgan fingerprint density at radius 2 is 1.69 bits per heavy atom. The molecular weight excluding hydrogens is 468 g/mol. The molecule has 0 atom stereocenters. The molecule has 1 aromatic heterocycles. The van der Waals surface area contributed by atoms with Gasteiger partial charge >= 0.3 is 0 Å². The summed E-state index contributed by atoms with van der Waals surface area (Å²) in [4.78, 5) is 13.1. The summed E-state index contributed by atoms with van der Waals surface area (Å²) in [6, 6.07) is 26.6. The smallest absolute Gasteiger partial charge is 0.290 e. The molecule has 0 spiro atoms. The van der Waals surface area contributed by atoms with Gasteiger partial charge in [0, 0.05) is 10.0 Å². The van der Waals surface area contributed by atoms with Gasteiger partial charge in [0.1, 0.15) is 11.4 Å². The molecule has 6 nitrogen and oxygen atoms in total. The maximum absolute atomic E-state index is 13.1. The van der Waals surface area contributed by atoms with Crippen LogP contribution in [0.25, 0.3) is 16.9 Å². The van der Waals surface area contributed by atoms with Gasteiger partial charge in [-0.2, -0.15) is 10.2 Å². The topological polar surface area (TPSA) is 68.5 Å². The Kier molecular flexibility index (Phi) is 6.47. The quantitative estimate of drug-likeness (QED) is 0.289. The Morgan fingerprint density at radius 1 is 1.00 bits per heavy atom. The van der Waals surface area contributed by atoms with Crippen molar-refractivity contribution in [1.82, 2.24) is 15.2 Å². The molecule has 32 heavy (non-hydrogen) atoms. The predicted molar refractivity (Wildman–Crippen MR) is 129 cm³/mol. The van der Waals surface area contributed by atoms with Gasteiger partial charge in [0.25, 0.3) is 5.91 Å². The maximum Gasteiger partial charge on any atom is 0.290 e. The number of hydrazone groups is 1. The van der Waals surface area contributed by atoms with E-state index in [4.69, 9.17) is 4.74 Å². The molecule has 0 fully saturated rings. The molecule has 4 aromatic rings. The van der Waals surface area contributed by atoms with Crippen molar-refractivity contribution in [2.45, 2.75) is 6.92 Å². The van der Waals surface area contributed by atoms with Crippen LogP contribution < -0.4 is 10.2 Å². The number of hydrogen-bond donors (Lipinski definition) is 1. The van der Waals surface area contributed by atoms with Crippen molar-refractivity contribution in [3.8, 4) is 22.7 Å².